The summed E-state index contributed by atoms with van der Waals surface area (Å²) in [5.41, 5.74) is 3.12. The minimum atomic E-state index is -0.743. The number of imide groups is 1. The van der Waals surface area contributed by atoms with E-state index in [0.29, 0.717) is 22.0 Å². The number of nitrogens with zero attached hydrogens (tertiary/aromatic N) is 1. The highest BCUT2D eigenvalue weighted by atomic mass is 35.5. The van der Waals surface area contributed by atoms with Crippen LogP contribution in [0.3, 0.4) is 0 Å². The molecule has 10 heteroatoms. The minimum Gasteiger partial charge on any atom is -0.356 e. The van der Waals surface area contributed by atoms with Crippen molar-refractivity contribution in [1.29, 1.82) is 0 Å². The van der Waals surface area contributed by atoms with Crippen LogP contribution in [-0.2, 0) is 9.59 Å². The topological polar surface area (TPSA) is 90.5 Å². The molecule has 1 aliphatic rings. The molecule has 0 aliphatic carbocycles. The number of halogens is 3. The fourth-order valence-electron chi connectivity index (χ4n) is 3.90. The predicted molar refractivity (Wildman–Crippen MR) is 156 cm³/mol. The molecule has 1 heterocycles. The summed E-state index contributed by atoms with van der Waals surface area (Å²) in [6, 6.07) is 27.9. The van der Waals surface area contributed by atoms with E-state index in [1.165, 1.54) is 12.1 Å². The smallest absolute Gasteiger partial charge is 0.283 e. The molecule has 0 radical (unpaired) electrons. The van der Waals surface area contributed by atoms with E-state index in [1.54, 1.807) is 42.5 Å². The van der Waals surface area contributed by atoms with Crippen molar-refractivity contribution < 1.29 is 14.4 Å². The van der Waals surface area contributed by atoms with E-state index < -0.39 is 11.8 Å². The van der Waals surface area contributed by atoms with Gasteiger partial charge in [0.05, 0.1) is 10.7 Å². The Morgan fingerprint density at radius 3 is 2.05 bits per heavy atom. The molecule has 0 fully saturated rings. The first-order valence-corrected chi connectivity index (χ1v) is 12.8. The van der Waals surface area contributed by atoms with Crippen molar-refractivity contribution in [3.63, 3.8) is 0 Å². The number of carbonyl (C=O) groups is 3. The van der Waals surface area contributed by atoms with Crippen molar-refractivity contribution in [2.24, 2.45) is 0 Å². The third-order valence-electron chi connectivity index (χ3n) is 5.78. The Kier molecular flexibility index (Phi) is 7.56. The van der Waals surface area contributed by atoms with Crippen molar-refractivity contribution in [2.75, 3.05) is 20.9 Å². The lowest BCUT2D eigenvalue weighted by atomic mass is 10.1. The maximum absolute atomic E-state index is 13.1. The quantitative estimate of drug-likeness (QED) is 0.199. The number of anilines is 5. The summed E-state index contributed by atoms with van der Waals surface area (Å²) < 4.78 is 0. The van der Waals surface area contributed by atoms with Crippen molar-refractivity contribution in [3.05, 3.63) is 123 Å². The molecule has 4 aromatic rings. The molecule has 5 rings (SSSR count). The molecule has 0 atom stereocenters. The molecule has 0 spiro atoms. The SMILES string of the molecule is O=C(Nc1ccc(Nc2ccccc2)cc1)c1cccc(NC2=C(Cl)C(=O)N(c3cc(Cl)ccc3Cl)C2=O)c1. The zero-order chi connectivity index (χ0) is 27.5. The van der Waals surface area contributed by atoms with Crippen LogP contribution in [0.2, 0.25) is 10.0 Å². The van der Waals surface area contributed by atoms with E-state index in [2.05, 4.69) is 16.0 Å². The predicted octanol–water partition coefficient (Wildman–Crippen LogP) is 7.43. The Hall–Kier alpha value is -4.30. The lowest BCUT2D eigenvalue weighted by molar-refractivity contribution is -0.120. The summed E-state index contributed by atoms with van der Waals surface area (Å²) in [6.07, 6.45) is 0. The van der Waals surface area contributed by atoms with E-state index in [9.17, 15) is 14.4 Å². The maximum Gasteiger partial charge on any atom is 0.283 e. The largest absolute Gasteiger partial charge is 0.356 e. The van der Waals surface area contributed by atoms with Gasteiger partial charge in [0.25, 0.3) is 17.7 Å². The highest BCUT2D eigenvalue weighted by Gasteiger charge is 2.40. The molecule has 0 saturated carbocycles. The van der Waals surface area contributed by atoms with Crippen LogP contribution < -0.4 is 20.9 Å². The van der Waals surface area contributed by atoms with Crippen molar-refractivity contribution in [3.8, 4) is 0 Å². The van der Waals surface area contributed by atoms with Crippen LogP contribution in [0.15, 0.2) is 108 Å². The molecule has 3 amide bonds. The molecule has 39 heavy (non-hydrogen) atoms. The molecular weight excluding hydrogens is 559 g/mol. The molecule has 3 N–H and O–H groups in total. The molecule has 0 aromatic heterocycles. The van der Waals surface area contributed by atoms with Crippen molar-refractivity contribution in [2.45, 2.75) is 0 Å². The fraction of sp³-hybridized carbons (Fsp3) is 0. The standard InChI is InChI=1S/C29H19Cl3N4O3/c30-18-9-14-23(31)24(16-18)36-28(38)25(32)26(29(36)39)34-22-8-4-5-17(15-22)27(37)35-21-12-10-20(11-13-21)33-19-6-2-1-3-7-19/h1-16,33-34H,(H,35,37). The van der Waals surface area contributed by atoms with Crippen LogP contribution in [0.5, 0.6) is 0 Å². The fourth-order valence-corrected chi connectivity index (χ4v) is 4.48. The van der Waals surface area contributed by atoms with E-state index in [-0.39, 0.29) is 27.3 Å². The summed E-state index contributed by atoms with van der Waals surface area (Å²) in [7, 11) is 0. The van der Waals surface area contributed by atoms with Crippen LogP contribution >= 0.6 is 34.8 Å². The van der Waals surface area contributed by atoms with E-state index >= 15 is 0 Å². The van der Waals surface area contributed by atoms with Crippen molar-refractivity contribution >= 4 is 81.0 Å². The Bertz CT molecular complexity index is 1620. The number of carbonyl (C=O) groups excluding carboxylic acids is 3. The van der Waals surface area contributed by atoms with Gasteiger partial charge in [0.1, 0.15) is 10.7 Å². The minimum absolute atomic E-state index is 0.118. The number of amides is 3. The Morgan fingerprint density at radius 1 is 0.641 bits per heavy atom. The van der Waals surface area contributed by atoms with Gasteiger partial charge in [0, 0.05) is 33.3 Å². The van der Waals surface area contributed by atoms with Crippen LogP contribution in [-0.4, -0.2) is 17.7 Å². The molecule has 4 aromatic carbocycles. The second-order valence-electron chi connectivity index (χ2n) is 8.46. The molecule has 7 nitrogen and oxygen atoms in total. The first-order valence-electron chi connectivity index (χ1n) is 11.6. The van der Waals surface area contributed by atoms with Gasteiger partial charge in [-0.1, -0.05) is 59.1 Å². The van der Waals surface area contributed by atoms with Crippen LogP contribution in [0.4, 0.5) is 28.4 Å². The first kappa shape index (κ1) is 26.3. The number of rotatable bonds is 7. The maximum atomic E-state index is 13.1. The number of para-hydroxylation sites is 1. The summed E-state index contributed by atoms with van der Waals surface area (Å²) >= 11 is 18.5. The van der Waals surface area contributed by atoms with Gasteiger partial charge in [0.2, 0.25) is 0 Å². The Labute approximate surface area is 239 Å². The third-order valence-corrected chi connectivity index (χ3v) is 6.68. The van der Waals surface area contributed by atoms with Gasteiger partial charge in [-0.3, -0.25) is 14.4 Å². The summed E-state index contributed by atoms with van der Waals surface area (Å²) in [6.45, 7) is 0. The molecule has 0 bridgehead atoms. The van der Waals surface area contributed by atoms with E-state index in [1.807, 2.05) is 42.5 Å². The molecule has 1 aliphatic heterocycles. The molecular formula is C29H19Cl3N4O3. The van der Waals surface area contributed by atoms with Gasteiger partial charge in [-0.25, -0.2) is 4.90 Å². The summed E-state index contributed by atoms with van der Waals surface area (Å²) in [5.74, 6) is -1.80. The van der Waals surface area contributed by atoms with Crippen LogP contribution in [0, 0.1) is 0 Å². The summed E-state index contributed by atoms with van der Waals surface area (Å²) in [5, 5.41) is 9.14. The van der Waals surface area contributed by atoms with Gasteiger partial charge in [-0.15, -0.1) is 0 Å². The zero-order valence-electron chi connectivity index (χ0n) is 20.0. The highest BCUT2D eigenvalue weighted by Crippen LogP contribution is 2.36. The first-order chi connectivity index (χ1) is 18.8. The van der Waals surface area contributed by atoms with Gasteiger partial charge < -0.3 is 16.0 Å². The van der Waals surface area contributed by atoms with Gasteiger partial charge >= 0.3 is 0 Å². The monoisotopic (exact) mass is 576 g/mol. The van der Waals surface area contributed by atoms with E-state index in [4.69, 9.17) is 34.8 Å². The van der Waals surface area contributed by atoms with Gasteiger partial charge in [-0.2, -0.15) is 0 Å². The zero-order valence-corrected chi connectivity index (χ0v) is 22.3. The lowest BCUT2D eigenvalue weighted by Gasteiger charge is -2.17. The average Bonchev–Trinajstić information content (AvgIpc) is 3.14. The Morgan fingerprint density at radius 2 is 1.31 bits per heavy atom. The normalized spacial score (nSPS) is 13.1. The number of benzene rings is 4. The average molecular weight is 578 g/mol. The number of hydrogen-bond acceptors (Lipinski definition) is 5. The summed E-state index contributed by atoms with van der Waals surface area (Å²) in [4.78, 5) is 39.7. The second kappa shape index (κ2) is 11.2. The second-order valence-corrected chi connectivity index (χ2v) is 9.68. The molecule has 0 unspecified atom stereocenters. The highest BCUT2D eigenvalue weighted by molar-refractivity contribution is 6.54. The van der Waals surface area contributed by atoms with Crippen LogP contribution in [0.25, 0.3) is 0 Å². The number of hydrogen-bond donors (Lipinski definition) is 3. The molecule has 0 saturated heterocycles. The Balaban J connectivity index is 1.28. The third kappa shape index (κ3) is 5.76. The van der Waals surface area contributed by atoms with Gasteiger partial charge in [-0.05, 0) is 72.8 Å². The van der Waals surface area contributed by atoms with E-state index in [0.717, 1.165) is 16.3 Å². The number of nitrogens with one attached hydrogen (secondary N) is 3. The van der Waals surface area contributed by atoms with Crippen molar-refractivity contribution in [1.82, 2.24) is 0 Å². The van der Waals surface area contributed by atoms with Gasteiger partial charge in [0.15, 0.2) is 0 Å². The molecule has 194 valence electrons. The van der Waals surface area contributed by atoms with Crippen LogP contribution in [0.1, 0.15) is 10.4 Å². The lowest BCUT2D eigenvalue weighted by Crippen LogP contribution is -2.32.